The SMILES string of the molecule is CCC(C)CNc1ccc(Oc2ccc(C(F)(F)F)cc2Cl)cc1C(=O)N[C@@H](Cc1ccc(-c2ccccc2)cc1)C(=O)O. The van der Waals surface area contributed by atoms with Crippen molar-refractivity contribution in [2.45, 2.75) is 38.9 Å². The van der Waals surface area contributed by atoms with Crippen LogP contribution in [0.15, 0.2) is 91.0 Å². The van der Waals surface area contributed by atoms with Crippen LogP contribution in [0, 0.1) is 5.92 Å². The van der Waals surface area contributed by atoms with Crippen LogP contribution in [0.1, 0.15) is 41.8 Å². The third-order valence-electron chi connectivity index (χ3n) is 7.16. The van der Waals surface area contributed by atoms with Crippen LogP contribution in [0.4, 0.5) is 18.9 Å². The number of nitrogens with one attached hydrogen (secondary N) is 2. The van der Waals surface area contributed by atoms with Crippen LogP contribution in [-0.4, -0.2) is 29.6 Å². The van der Waals surface area contributed by atoms with E-state index in [1.165, 1.54) is 6.07 Å². The normalized spacial score (nSPS) is 12.7. The maximum Gasteiger partial charge on any atom is 0.416 e. The zero-order valence-electron chi connectivity index (χ0n) is 24.1. The molecule has 4 aromatic carbocycles. The van der Waals surface area contributed by atoms with E-state index in [1.807, 2.05) is 68.4 Å². The summed E-state index contributed by atoms with van der Waals surface area (Å²) in [4.78, 5) is 25.7. The number of hydrogen-bond donors (Lipinski definition) is 3. The van der Waals surface area contributed by atoms with E-state index < -0.39 is 29.7 Å². The Morgan fingerprint density at radius 1 is 0.932 bits per heavy atom. The van der Waals surface area contributed by atoms with Gasteiger partial charge >= 0.3 is 12.1 Å². The molecule has 3 N–H and O–H groups in total. The summed E-state index contributed by atoms with van der Waals surface area (Å²) in [5.41, 5.74) is 2.37. The molecule has 44 heavy (non-hydrogen) atoms. The molecule has 4 rings (SSSR count). The van der Waals surface area contributed by atoms with Crippen molar-refractivity contribution in [1.29, 1.82) is 0 Å². The number of hydrogen-bond acceptors (Lipinski definition) is 4. The molecule has 1 unspecified atom stereocenters. The third kappa shape index (κ3) is 8.54. The van der Waals surface area contributed by atoms with Gasteiger partial charge in [0.15, 0.2) is 0 Å². The lowest BCUT2D eigenvalue weighted by atomic mass is 10.0. The van der Waals surface area contributed by atoms with Crippen molar-refractivity contribution in [3.63, 3.8) is 0 Å². The highest BCUT2D eigenvalue weighted by Crippen LogP contribution is 2.37. The molecule has 0 fully saturated rings. The zero-order chi connectivity index (χ0) is 31.9. The molecule has 1 amide bonds. The summed E-state index contributed by atoms with van der Waals surface area (Å²) in [7, 11) is 0. The number of carboxylic acid groups (broad SMARTS) is 1. The molecule has 2 atom stereocenters. The van der Waals surface area contributed by atoms with Gasteiger partial charge in [0.25, 0.3) is 5.91 Å². The van der Waals surface area contributed by atoms with E-state index in [9.17, 15) is 27.9 Å². The molecule has 230 valence electrons. The van der Waals surface area contributed by atoms with Gasteiger partial charge in [-0.05, 0) is 59.0 Å². The summed E-state index contributed by atoms with van der Waals surface area (Å²) < 4.78 is 44.9. The summed E-state index contributed by atoms with van der Waals surface area (Å²) in [5.74, 6) is -1.47. The predicted octanol–water partition coefficient (Wildman–Crippen LogP) is 8.70. The molecule has 0 aliphatic rings. The lowest BCUT2D eigenvalue weighted by Gasteiger charge is -2.19. The molecule has 0 heterocycles. The maximum absolute atomic E-state index is 13.5. The lowest BCUT2D eigenvalue weighted by molar-refractivity contribution is -0.139. The molecule has 0 aliphatic heterocycles. The van der Waals surface area contributed by atoms with Gasteiger partial charge in [-0.1, -0.05) is 86.5 Å². The molecule has 0 saturated heterocycles. The smallest absolute Gasteiger partial charge is 0.416 e. The topological polar surface area (TPSA) is 87.7 Å². The molecule has 4 aromatic rings. The monoisotopic (exact) mass is 624 g/mol. The fourth-order valence-corrected chi connectivity index (χ4v) is 4.60. The highest BCUT2D eigenvalue weighted by atomic mass is 35.5. The quantitative estimate of drug-likeness (QED) is 0.147. The Kier molecular flexibility index (Phi) is 10.5. The molecule has 0 saturated carbocycles. The summed E-state index contributed by atoms with van der Waals surface area (Å²) in [6, 6.07) is 23.2. The number of benzene rings is 4. The number of ether oxygens (including phenoxy) is 1. The largest absolute Gasteiger partial charge is 0.480 e. The van der Waals surface area contributed by atoms with E-state index in [-0.39, 0.29) is 28.5 Å². The Hall–Kier alpha value is -4.50. The minimum Gasteiger partial charge on any atom is -0.480 e. The third-order valence-corrected chi connectivity index (χ3v) is 7.46. The Bertz CT molecular complexity index is 1590. The first-order valence-corrected chi connectivity index (χ1v) is 14.4. The number of alkyl halides is 3. The number of carbonyl (C=O) groups excluding carboxylic acids is 1. The average molecular weight is 625 g/mol. The van der Waals surface area contributed by atoms with Crippen molar-refractivity contribution in [1.82, 2.24) is 5.32 Å². The van der Waals surface area contributed by atoms with Crippen molar-refractivity contribution >= 4 is 29.2 Å². The Balaban J connectivity index is 1.56. The second kappa shape index (κ2) is 14.3. The zero-order valence-corrected chi connectivity index (χ0v) is 24.9. The lowest BCUT2D eigenvalue weighted by Crippen LogP contribution is -2.42. The Morgan fingerprint density at radius 3 is 2.23 bits per heavy atom. The Morgan fingerprint density at radius 2 is 1.61 bits per heavy atom. The molecule has 10 heteroatoms. The van der Waals surface area contributed by atoms with Crippen molar-refractivity contribution in [2.75, 3.05) is 11.9 Å². The number of aliphatic carboxylic acids is 1. The highest BCUT2D eigenvalue weighted by Gasteiger charge is 2.31. The Labute approximate surface area is 258 Å². The van der Waals surface area contributed by atoms with Gasteiger partial charge in [-0.2, -0.15) is 13.2 Å². The minimum atomic E-state index is -4.57. The van der Waals surface area contributed by atoms with Crippen LogP contribution < -0.4 is 15.4 Å². The molecule has 0 bridgehead atoms. The number of rotatable bonds is 12. The van der Waals surface area contributed by atoms with Gasteiger partial charge in [-0.15, -0.1) is 0 Å². The summed E-state index contributed by atoms with van der Waals surface area (Å²) in [6.45, 7) is 4.63. The number of carbonyl (C=O) groups is 2. The van der Waals surface area contributed by atoms with E-state index in [1.54, 1.807) is 12.1 Å². The van der Waals surface area contributed by atoms with Crippen molar-refractivity contribution in [3.05, 3.63) is 113 Å². The second-order valence-electron chi connectivity index (χ2n) is 10.5. The molecular weight excluding hydrogens is 593 g/mol. The minimum absolute atomic E-state index is 0.0336. The van der Waals surface area contributed by atoms with Gasteiger partial charge in [0.2, 0.25) is 0 Å². The molecule has 0 spiro atoms. The fraction of sp³-hybridized carbons (Fsp3) is 0.235. The first-order chi connectivity index (χ1) is 20.9. The van der Waals surface area contributed by atoms with Crippen LogP contribution in [0.25, 0.3) is 11.1 Å². The van der Waals surface area contributed by atoms with Crippen molar-refractivity contribution < 1.29 is 32.6 Å². The van der Waals surface area contributed by atoms with Gasteiger partial charge in [-0.25, -0.2) is 4.79 Å². The van der Waals surface area contributed by atoms with Crippen LogP contribution in [0.2, 0.25) is 5.02 Å². The van der Waals surface area contributed by atoms with Gasteiger partial charge in [0, 0.05) is 18.7 Å². The number of carboxylic acids is 1. The van der Waals surface area contributed by atoms with Crippen LogP contribution >= 0.6 is 11.6 Å². The second-order valence-corrected chi connectivity index (χ2v) is 10.9. The first-order valence-electron chi connectivity index (χ1n) is 14.0. The van der Waals surface area contributed by atoms with Crippen molar-refractivity contribution in [2.24, 2.45) is 5.92 Å². The van der Waals surface area contributed by atoms with Gasteiger partial charge in [0.05, 0.1) is 16.1 Å². The fourth-order valence-electron chi connectivity index (χ4n) is 4.38. The standard InChI is InChI=1S/C34H32ClF3N2O4/c1-3-21(2)20-39-29-15-14-26(44-31-16-13-25(18-28(31)35)34(36,37)38)19-27(29)32(41)40-30(33(42)43)17-22-9-11-24(12-10-22)23-7-5-4-6-8-23/h4-16,18-19,21,30,39H,3,17,20H2,1-2H3,(H,40,41)(H,42,43)/t21?,30-/m0/s1. The van der Waals surface area contributed by atoms with Crippen LogP contribution in [0.3, 0.4) is 0 Å². The molecule has 6 nitrogen and oxygen atoms in total. The number of amides is 1. The van der Waals surface area contributed by atoms with E-state index in [0.717, 1.165) is 41.3 Å². The first kappa shape index (κ1) is 32.4. The molecule has 0 radical (unpaired) electrons. The summed E-state index contributed by atoms with van der Waals surface area (Å²) in [5, 5.41) is 15.5. The van der Waals surface area contributed by atoms with Gasteiger partial charge in [0.1, 0.15) is 17.5 Å². The van der Waals surface area contributed by atoms with Crippen molar-refractivity contribution in [3.8, 4) is 22.6 Å². The number of anilines is 1. The highest BCUT2D eigenvalue weighted by molar-refractivity contribution is 6.32. The van der Waals surface area contributed by atoms with E-state index in [0.29, 0.717) is 18.2 Å². The maximum atomic E-state index is 13.5. The van der Waals surface area contributed by atoms with E-state index in [4.69, 9.17) is 16.3 Å². The molecule has 0 aromatic heterocycles. The summed E-state index contributed by atoms with van der Waals surface area (Å²) >= 11 is 6.06. The van der Waals surface area contributed by atoms with E-state index >= 15 is 0 Å². The van der Waals surface area contributed by atoms with Gasteiger partial charge in [-0.3, -0.25) is 4.79 Å². The molecular formula is C34H32ClF3N2O4. The van der Waals surface area contributed by atoms with Crippen LogP contribution in [-0.2, 0) is 17.4 Å². The van der Waals surface area contributed by atoms with E-state index in [2.05, 4.69) is 10.6 Å². The van der Waals surface area contributed by atoms with Gasteiger partial charge < -0.3 is 20.5 Å². The average Bonchev–Trinajstić information content (AvgIpc) is 3.01. The molecule has 0 aliphatic carbocycles. The summed E-state index contributed by atoms with van der Waals surface area (Å²) in [6.07, 6.45) is -3.63. The number of halogens is 4. The van der Waals surface area contributed by atoms with Crippen LogP contribution in [0.5, 0.6) is 11.5 Å². The predicted molar refractivity (Wildman–Crippen MR) is 165 cm³/mol.